The van der Waals surface area contributed by atoms with E-state index in [1.807, 2.05) is 0 Å². The van der Waals surface area contributed by atoms with Crippen molar-refractivity contribution in [3.05, 3.63) is 53.0 Å². The summed E-state index contributed by atoms with van der Waals surface area (Å²) < 4.78 is 70.2. The van der Waals surface area contributed by atoms with Crippen molar-refractivity contribution in [2.24, 2.45) is 5.84 Å². The monoisotopic (exact) mass is 305 g/mol. The third kappa shape index (κ3) is 2.87. The lowest BCUT2D eigenvalue weighted by Gasteiger charge is -2.10. The number of nitrogens with zero attached hydrogens (tertiary/aromatic N) is 1. The predicted octanol–water partition coefficient (Wildman–Crippen LogP) is 2.64. The van der Waals surface area contributed by atoms with E-state index in [2.05, 4.69) is 15.1 Å². The van der Waals surface area contributed by atoms with Crippen LogP contribution in [0.1, 0.15) is 5.56 Å². The third-order valence-corrected chi connectivity index (χ3v) is 2.52. The van der Waals surface area contributed by atoms with Crippen LogP contribution in [0.2, 0.25) is 0 Å². The number of rotatable bonds is 4. The highest BCUT2D eigenvalue weighted by Gasteiger charge is 2.27. The SMILES string of the molecule is NNc1cc(COc2c(F)c(F)c(F)c(F)c2F)ccn1. The minimum absolute atomic E-state index is 0.244. The summed E-state index contributed by atoms with van der Waals surface area (Å²) in [5, 5.41) is 0. The maximum Gasteiger partial charge on any atom is 0.207 e. The fraction of sp³-hybridized carbons (Fsp3) is 0.0833. The highest BCUT2D eigenvalue weighted by molar-refractivity contribution is 5.36. The van der Waals surface area contributed by atoms with Gasteiger partial charge in [0.1, 0.15) is 12.4 Å². The van der Waals surface area contributed by atoms with Crippen molar-refractivity contribution < 1.29 is 26.7 Å². The standard InChI is InChI=1S/C12H8F5N3O/c13-7-8(14)10(16)12(11(17)9(7)15)21-4-5-1-2-19-6(3-5)20-18/h1-3H,4,18H2,(H,19,20). The molecule has 0 aliphatic carbocycles. The number of hydrogen-bond acceptors (Lipinski definition) is 4. The molecule has 4 nitrogen and oxygen atoms in total. The number of nitrogens with one attached hydrogen (secondary N) is 1. The smallest absolute Gasteiger partial charge is 0.207 e. The fourth-order valence-corrected chi connectivity index (χ4v) is 1.51. The molecule has 0 amide bonds. The van der Waals surface area contributed by atoms with Gasteiger partial charge >= 0.3 is 0 Å². The molecule has 21 heavy (non-hydrogen) atoms. The van der Waals surface area contributed by atoms with E-state index in [0.29, 0.717) is 5.56 Å². The van der Waals surface area contributed by atoms with Gasteiger partial charge in [-0.15, -0.1) is 0 Å². The lowest BCUT2D eigenvalue weighted by molar-refractivity contribution is 0.253. The van der Waals surface area contributed by atoms with Crippen LogP contribution in [0, 0.1) is 29.1 Å². The second-order valence-corrected chi connectivity index (χ2v) is 3.88. The number of benzene rings is 1. The Morgan fingerprint density at radius 1 is 1.00 bits per heavy atom. The Hall–Kier alpha value is -2.42. The summed E-state index contributed by atoms with van der Waals surface area (Å²) >= 11 is 0. The molecule has 0 aliphatic heterocycles. The molecule has 112 valence electrons. The van der Waals surface area contributed by atoms with Gasteiger partial charge in [-0.1, -0.05) is 0 Å². The molecule has 0 fully saturated rings. The van der Waals surface area contributed by atoms with Gasteiger partial charge in [0.05, 0.1) is 0 Å². The highest BCUT2D eigenvalue weighted by atomic mass is 19.2. The van der Waals surface area contributed by atoms with Gasteiger partial charge in [0.15, 0.2) is 5.75 Å². The Bertz CT molecular complexity index is 651. The lowest BCUT2D eigenvalue weighted by atomic mass is 10.2. The topological polar surface area (TPSA) is 60.2 Å². The summed E-state index contributed by atoms with van der Waals surface area (Å²) in [6, 6.07) is 2.80. The second-order valence-electron chi connectivity index (χ2n) is 3.88. The first-order valence-electron chi connectivity index (χ1n) is 5.51. The zero-order chi connectivity index (χ0) is 15.6. The molecule has 0 aliphatic rings. The number of ether oxygens (including phenoxy) is 1. The van der Waals surface area contributed by atoms with Crippen LogP contribution in [0.3, 0.4) is 0 Å². The van der Waals surface area contributed by atoms with E-state index in [-0.39, 0.29) is 5.82 Å². The van der Waals surface area contributed by atoms with E-state index in [9.17, 15) is 22.0 Å². The second kappa shape index (κ2) is 5.92. The van der Waals surface area contributed by atoms with E-state index >= 15 is 0 Å². The van der Waals surface area contributed by atoms with Crippen molar-refractivity contribution >= 4 is 5.82 Å². The summed E-state index contributed by atoms with van der Waals surface area (Å²) in [6.07, 6.45) is 1.33. The minimum Gasteiger partial charge on any atom is -0.483 e. The van der Waals surface area contributed by atoms with Crippen molar-refractivity contribution in [1.29, 1.82) is 0 Å². The molecule has 0 unspecified atom stereocenters. The van der Waals surface area contributed by atoms with E-state index < -0.39 is 41.4 Å². The fourth-order valence-electron chi connectivity index (χ4n) is 1.51. The van der Waals surface area contributed by atoms with Crippen molar-refractivity contribution in [2.75, 3.05) is 5.43 Å². The zero-order valence-corrected chi connectivity index (χ0v) is 10.3. The molecule has 1 aromatic heterocycles. The molecule has 0 bridgehead atoms. The first-order chi connectivity index (χ1) is 9.95. The van der Waals surface area contributed by atoms with Gasteiger partial charge in [-0.3, -0.25) is 0 Å². The molecule has 0 atom stereocenters. The Labute approximate surface area is 115 Å². The summed E-state index contributed by atoms with van der Waals surface area (Å²) in [5.41, 5.74) is 2.59. The molecule has 2 rings (SSSR count). The summed E-state index contributed by atoms with van der Waals surface area (Å²) in [5.74, 6) is -6.42. The molecule has 9 heteroatoms. The molecular weight excluding hydrogens is 297 g/mol. The average molecular weight is 305 g/mol. The molecular formula is C12H8F5N3O. The van der Waals surface area contributed by atoms with Crippen LogP contribution >= 0.6 is 0 Å². The van der Waals surface area contributed by atoms with E-state index in [1.54, 1.807) is 0 Å². The number of nitrogen functional groups attached to an aromatic ring is 1. The number of nitrogens with two attached hydrogens (primary N) is 1. The van der Waals surface area contributed by atoms with Gasteiger partial charge in [-0.2, -0.15) is 8.78 Å². The van der Waals surface area contributed by atoms with Gasteiger partial charge in [-0.25, -0.2) is 24.0 Å². The van der Waals surface area contributed by atoms with Crippen LogP contribution in [-0.4, -0.2) is 4.98 Å². The van der Waals surface area contributed by atoms with Crippen LogP contribution < -0.4 is 16.0 Å². The first kappa shape index (κ1) is 15.0. The summed E-state index contributed by atoms with van der Waals surface area (Å²) in [7, 11) is 0. The first-order valence-corrected chi connectivity index (χ1v) is 5.51. The molecule has 0 radical (unpaired) electrons. The molecule has 1 aromatic carbocycles. The van der Waals surface area contributed by atoms with Gasteiger partial charge < -0.3 is 10.2 Å². The van der Waals surface area contributed by atoms with Crippen molar-refractivity contribution in [1.82, 2.24) is 4.98 Å². The van der Waals surface area contributed by atoms with Crippen LogP contribution in [0.15, 0.2) is 18.3 Å². The number of pyridine rings is 1. The maximum absolute atomic E-state index is 13.4. The molecule has 3 N–H and O–H groups in total. The molecule has 0 saturated carbocycles. The Balaban J connectivity index is 2.28. The van der Waals surface area contributed by atoms with Crippen LogP contribution in [-0.2, 0) is 6.61 Å². The van der Waals surface area contributed by atoms with Crippen LogP contribution in [0.5, 0.6) is 5.75 Å². The maximum atomic E-state index is 13.4. The normalized spacial score (nSPS) is 10.6. The van der Waals surface area contributed by atoms with Crippen molar-refractivity contribution in [3.63, 3.8) is 0 Å². The quantitative estimate of drug-likeness (QED) is 0.300. The lowest BCUT2D eigenvalue weighted by Crippen LogP contribution is -2.10. The average Bonchev–Trinajstić information content (AvgIpc) is 2.51. The minimum atomic E-state index is -2.24. The van der Waals surface area contributed by atoms with Gasteiger partial charge in [0.2, 0.25) is 29.1 Å². The molecule has 0 spiro atoms. The number of aromatic nitrogens is 1. The number of halogens is 5. The Morgan fingerprint density at radius 2 is 1.57 bits per heavy atom. The van der Waals surface area contributed by atoms with Gasteiger partial charge in [0, 0.05) is 6.20 Å². The highest BCUT2D eigenvalue weighted by Crippen LogP contribution is 2.29. The Morgan fingerprint density at radius 3 is 2.14 bits per heavy atom. The number of anilines is 1. The Kier molecular flexibility index (Phi) is 4.22. The van der Waals surface area contributed by atoms with E-state index in [1.165, 1.54) is 18.3 Å². The largest absolute Gasteiger partial charge is 0.483 e. The third-order valence-electron chi connectivity index (χ3n) is 2.52. The van der Waals surface area contributed by atoms with Crippen LogP contribution in [0.25, 0.3) is 0 Å². The predicted molar refractivity (Wildman–Crippen MR) is 62.6 cm³/mol. The molecule has 0 saturated heterocycles. The number of hydrazine groups is 1. The van der Waals surface area contributed by atoms with Crippen molar-refractivity contribution in [3.8, 4) is 5.75 Å². The van der Waals surface area contributed by atoms with Gasteiger partial charge in [-0.05, 0) is 17.7 Å². The summed E-state index contributed by atoms with van der Waals surface area (Å²) in [4.78, 5) is 3.78. The van der Waals surface area contributed by atoms with E-state index in [0.717, 1.165) is 0 Å². The van der Waals surface area contributed by atoms with Crippen LogP contribution in [0.4, 0.5) is 27.8 Å². The molecule has 1 heterocycles. The summed E-state index contributed by atoms with van der Waals surface area (Å²) in [6.45, 7) is -0.435. The molecule has 2 aromatic rings. The zero-order valence-electron chi connectivity index (χ0n) is 10.3. The van der Waals surface area contributed by atoms with Crippen molar-refractivity contribution in [2.45, 2.75) is 6.61 Å². The van der Waals surface area contributed by atoms with Gasteiger partial charge in [0.25, 0.3) is 0 Å². The number of hydrogen-bond donors (Lipinski definition) is 2. The van der Waals surface area contributed by atoms with E-state index in [4.69, 9.17) is 5.84 Å².